The van der Waals surface area contributed by atoms with E-state index >= 15 is 0 Å². The fourth-order valence-corrected chi connectivity index (χ4v) is 3.41. The van der Waals surface area contributed by atoms with Gasteiger partial charge in [0, 0.05) is 5.02 Å². The molecule has 7 heteroatoms. The zero-order valence-electron chi connectivity index (χ0n) is 13.6. The van der Waals surface area contributed by atoms with Crippen LogP contribution < -0.4 is 10.9 Å². The summed E-state index contributed by atoms with van der Waals surface area (Å²) in [6.45, 7) is 0.158. The Kier molecular flexibility index (Phi) is 5.61. The first-order valence-corrected chi connectivity index (χ1v) is 9.07. The summed E-state index contributed by atoms with van der Waals surface area (Å²) in [4.78, 5) is 29.4. The highest BCUT2D eigenvalue weighted by molar-refractivity contribution is 7.99. The summed E-state index contributed by atoms with van der Waals surface area (Å²) < 4.78 is 1.47. The standard InChI is InChI=1S/C19H14ClN3O2S/c1-2-10-21-17(24)12-26-19-22-16-9-4-3-8-15(16)18(25)23(19)14-7-5-6-13(20)11-14/h1,3-9,11H,10,12H2,(H,21,24). The van der Waals surface area contributed by atoms with E-state index in [-0.39, 0.29) is 23.8 Å². The maximum Gasteiger partial charge on any atom is 0.266 e. The highest BCUT2D eigenvalue weighted by Crippen LogP contribution is 2.22. The second kappa shape index (κ2) is 8.09. The smallest absolute Gasteiger partial charge is 0.266 e. The van der Waals surface area contributed by atoms with Crippen molar-refractivity contribution in [2.75, 3.05) is 12.3 Å². The normalized spacial score (nSPS) is 10.5. The second-order valence-electron chi connectivity index (χ2n) is 5.30. The number of rotatable bonds is 5. The van der Waals surface area contributed by atoms with E-state index < -0.39 is 0 Å². The molecule has 130 valence electrons. The number of fused-ring (bicyclic) bond motifs is 1. The minimum Gasteiger partial charge on any atom is -0.344 e. The Bertz CT molecular complexity index is 1070. The quantitative estimate of drug-likeness (QED) is 0.418. The largest absolute Gasteiger partial charge is 0.344 e. The molecule has 1 N–H and O–H groups in total. The second-order valence-corrected chi connectivity index (χ2v) is 6.68. The van der Waals surface area contributed by atoms with Gasteiger partial charge in [0.05, 0.1) is 28.9 Å². The van der Waals surface area contributed by atoms with Crippen LogP contribution in [0.25, 0.3) is 16.6 Å². The van der Waals surface area contributed by atoms with Crippen LogP contribution in [0, 0.1) is 12.3 Å². The fraction of sp³-hybridized carbons (Fsp3) is 0.105. The average molecular weight is 384 g/mol. The molecule has 0 atom stereocenters. The predicted octanol–water partition coefficient (Wildman–Crippen LogP) is 2.88. The molecule has 0 fully saturated rings. The van der Waals surface area contributed by atoms with E-state index in [0.717, 1.165) is 11.8 Å². The van der Waals surface area contributed by atoms with E-state index in [9.17, 15) is 9.59 Å². The number of nitrogens with zero attached hydrogens (tertiary/aromatic N) is 2. The van der Waals surface area contributed by atoms with E-state index in [4.69, 9.17) is 18.0 Å². The lowest BCUT2D eigenvalue weighted by Gasteiger charge is -2.13. The van der Waals surface area contributed by atoms with Gasteiger partial charge < -0.3 is 5.32 Å². The van der Waals surface area contributed by atoms with Crippen molar-refractivity contribution < 1.29 is 4.79 Å². The molecular weight excluding hydrogens is 370 g/mol. The third kappa shape index (κ3) is 3.90. The molecule has 1 aromatic heterocycles. The number of carbonyl (C=O) groups excluding carboxylic acids is 1. The van der Waals surface area contributed by atoms with Crippen LogP contribution in [0.3, 0.4) is 0 Å². The van der Waals surface area contributed by atoms with Gasteiger partial charge in [-0.1, -0.05) is 47.5 Å². The van der Waals surface area contributed by atoms with Crippen LogP contribution >= 0.6 is 23.4 Å². The molecule has 5 nitrogen and oxygen atoms in total. The van der Waals surface area contributed by atoms with E-state index in [1.807, 2.05) is 6.07 Å². The molecule has 0 bridgehead atoms. The van der Waals surface area contributed by atoms with Gasteiger partial charge in [-0.2, -0.15) is 0 Å². The van der Waals surface area contributed by atoms with E-state index in [2.05, 4.69) is 16.2 Å². The Morgan fingerprint density at radius 1 is 1.27 bits per heavy atom. The van der Waals surface area contributed by atoms with Crippen molar-refractivity contribution in [3.63, 3.8) is 0 Å². The van der Waals surface area contributed by atoms with Crippen molar-refractivity contribution in [3.8, 4) is 18.0 Å². The Morgan fingerprint density at radius 3 is 2.85 bits per heavy atom. The van der Waals surface area contributed by atoms with Gasteiger partial charge in [0.2, 0.25) is 5.91 Å². The van der Waals surface area contributed by atoms with Crippen LogP contribution in [0.15, 0.2) is 58.5 Å². The molecule has 0 aliphatic rings. The van der Waals surface area contributed by atoms with Gasteiger partial charge in [0.1, 0.15) is 0 Å². The lowest BCUT2D eigenvalue weighted by Crippen LogP contribution is -2.26. The molecule has 0 saturated heterocycles. The number of halogens is 1. The van der Waals surface area contributed by atoms with Gasteiger partial charge in [-0.05, 0) is 30.3 Å². The Morgan fingerprint density at radius 2 is 2.08 bits per heavy atom. The molecule has 3 aromatic rings. The number of aromatic nitrogens is 2. The molecule has 26 heavy (non-hydrogen) atoms. The number of hydrogen-bond acceptors (Lipinski definition) is 4. The molecule has 0 spiro atoms. The van der Waals surface area contributed by atoms with Crippen molar-refractivity contribution in [2.45, 2.75) is 5.16 Å². The van der Waals surface area contributed by atoms with Crippen molar-refractivity contribution >= 4 is 40.2 Å². The number of para-hydroxylation sites is 1. The minimum absolute atomic E-state index is 0.0903. The summed E-state index contributed by atoms with van der Waals surface area (Å²) >= 11 is 7.24. The summed E-state index contributed by atoms with van der Waals surface area (Å²) in [5.41, 5.74) is 0.944. The summed E-state index contributed by atoms with van der Waals surface area (Å²) in [7, 11) is 0. The molecule has 0 saturated carbocycles. The van der Waals surface area contributed by atoms with Crippen molar-refractivity contribution in [2.24, 2.45) is 0 Å². The van der Waals surface area contributed by atoms with Gasteiger partial charge in [-0.25, -0.2) is 4.98 Å². The average Bonchev–Trinajstić information content (AvgIpc) is 2.64. The van der Waals surface area contributed by atoms with E-state index in [1.165, 1.54) is 4.57 Å². The Hall–Kier alpha value is -2.75. The van der Waals surface area contributed by atoms with Crippen molar-refractivity contribution in [1.29, 1.82) is 0 Å². The molecule has 1 amide bonds. The molecule has 0 aliphatic carbocycles. The number of nitrogens with one attached hydrogen (secondary N) is 1. The fourth-order valence-electron chi connectivity index (χ4n) is 2.38. The van der Waals surface area contributed by atoms with Crippen LogP contribution in [0.5, 0.6) is 0 Å². The van der Waals surface area contributed by atoms with Crippen LogP contribution in [0.4, 0.5) is 0 Å². The summed E-state index contributed by atoms with van der Waals surface area (Å²) in [6, 6.07) is 14.0. The first-order chi connectivity index (χ1) is 12.6. The monoisotopic (exact) mass is 383 g/mol. The van der Waals surface area contributed by atoms with Gasteiger partial charge in [0.15, 0.2) is 5.16 Å². The summed E-state index contributed by atoms with van der Waals surface area (Å²) in [5, 5.41) is 4.00. The molecule has 3 rings (SSSR count). The molecule has 1 heterocycles. The summed E-state index contributed by atoms with van der Waals surface area (Å²) in [5.74, 6) is 2.21. The topological polar surface area (TPSA) is 64.0 Å². The Labute approximate surface area is 159 Å². The van der Waals surface area contributed by atoms with Crippen LogP contribution in [0.2, 0.25) is 5.02 Å². The molecule has 2 aromatic carbocycles. The third-order valence-corrected chi connectivity index (χ3v) is 4.70. The first kappa shape index (κ1) is 18.1. The predicted molar refractivity (Wildman–Crippen MR) is 105 cm³/mol. The maximum atomic E-state index is 13.0. The lowest BCUT2D eigenvalue weighted by atomic mass is 10.2. The third-order valence-electron chi connectivity index (χ3n) is 3.53. The molecule has 0 unspecified atom stereocenters. The van der Waals surface area contributed by atoms with Crippen LogP contribution in [-0.2, 0) is 4.79 Å². The highest BCUT2D eigenvalue weighted by Gasteiger charge is 2.14. The van der Waals surface area contributed by atoms with Gasteiger partial charge in [-0.3, -0.25) is 14.2 Å². The van der Waals surface area contributed by atoms with Gasteiger partial charge in [0.25, 0.3) is 5.56 Å². The van der Waals surface area contributed by atoms with Gasteiger partial charge in [-0.15, -0.1) is 6.42 Å². The van der Waals surface area contributed by atoms with E-state index in [0.29, 0.717) is 26.8 Å². The van der Waals surface area contributed by atoms with Gasteiger partial charge >= 0.3 is 0 Å². The maximum absolute atomic E-state index is 13.0. The lowest BCUT2D eigenvalue weighted by molar-refractivity contribution is -0.118. The minimum atomic E-state index is -0.229. The highest BCUT2D eigenvalue weighted by atomic mass is 35.5. The molecular formula is C19H14ClN3O2S. The van der Waals surface area contributed by atoms with Crippen molar-refractivity contribution in [1.82, 2.24) is 14.9 Å². The summed E-state index contributed by atoms with van der Waals surface area (Å²) in [6.07, 6.45) is 5.14. The zero-order chi connectivity index (χ0) is 18.5. The number of benzene rings is 2. The zero-order valence-corrected chi connectivity index (χ0v) is 15.2. The van der Waals surface area contributed by atoms with Crippen molar-refractivity contribution in [3.05, 3.63) is 63.9 Å². The molecule has 0 aliphatic heterocycles. The van der Waals surface area contributed by atoms with E-state index in [1.54, 1.807) is 42.5 Å². The Balaban J connectivity index is 2.08. The number of hydrogen-bond donors (Lipinski definition) is 1. The first-order valence-electron chi connectivity index (χ1n) is 7.71. The number of terminal acetylenes is 1. The number of thioether (sulfide) groups is 1. The van der Waals surface area contributed by atoms with Crippen LogP contribution in [-0.4, -0.2) is 27.8 Å². The SMILES string of the molecule is C#CCNC(=O)CSc1nc2ccccc2c(=O)n1-c1cccc(Cl)c1. The number of carbonyl (C=O) groups is 1. The van der Waals surface area contributed by atoms with Crippen LogP contribution in [0.1, 0.15) is 0 Å². The number of amides is 1. The molecule has 0 radical (unpaired) electrons.